The van der Waals surface area contributed by atoms with E-state index >= 15 is 0 Å². The molecule has 2 rings (SSSR count). The van der Waals surface area contributed by atoms with E-state index in [2.05, 4.69) is 41.6 Å². The maximum Gasteiger partial charge on any atom is 0.261 e. The first-order valence-electron chi connectivity index (χ1n) is 4.91. The Bertz CT molecular complexity index is 562. The minimum atomic E-state index is -0.400. The van der Waals surface area contributed by atoms with E-state index in [1.54, 1.807) is 12.1 Å². The molecule has 92 valence electrons. The van der Waals surface area contributed by atoms with Crippen LogP contribution in [-0.2, 0) is 0 Å². The molecule has 0 saturated heterocycles. The lowest BCUT2D eigenvalue weighted by molar-refractivity contribution is 0.102. The van der Waals surface area contributed by atoms with Crippen molar-refractivity contribution < 1.29 is 4.79 Å². The quantitative estimate of drug-likeness (QED) is 0.580. The molecular weight excluding hydrogens is 300 g/mol. The number of hydrazine groups is 1. The Morgan fingerprint density at radius 1 is 1.28 bits per heavy atom. The van der Waals surface area contributed by atoms with Gasteiger partial charge in [0, 0.05) is 23.1 Å². The molecule has 7 nitrogen and oxygen atoms in total. The predicted molar refractivity (Wildman–Crippen MR) is 69.7 cm³/mol. The van der Waals surface area contributed by atoms with E-state index in [0.717, 1.165) is 0 Å². The molecule has 0 fully saturated rings. The first-order valence-corrected chi connectivity index (χ1v) is 5.70. The number of carbonyl (C=O) groups excluding carboxylic acids is 1. The molecule has 0 saturated carbocycles. The first kappa shape index (κ1) is 12.4. The highest BCUT2D eigenvalue weighted by atomic mass is 79.9. The molecule has 2 aromatic heterocycles. The van der Waals surface area contributed by atoms with Gasteiger partial charge in [-0.05, 0) is 28.1 Å². The molecule has 0 aliphatic heterocycles. The summed E-state index contributed by atoms with van der Waals surface area (Å²) < 4.78 is 0.667. The standard InChI is InChI=1S/C10H9BrN6O/c11-6-4-7(8(17-12)15-5-6)9(18)16-10-13-2-1-3-14-10/h1-5H,12H2,(H,15,17)(H,13,14,16,18). The Kier molecular flexibility index (Phi) is 3.80. The Morgan fingerprint density at radius 2 is 2.00 bits per heavy atom. The van der Waals surface area contributed by atoms with Gasteiger partial charge in [0.2, 0.25) is 5.95 Å². The van der Waals surface area contributed by atoms with E-state index in [0.29, 0.717) is 10.0 Å². The van der Waals surface area contributed by atoms with E-state index in [1.807, 2.05) is 0 Å². The Hall–Kier alpha value is -2.06. The fourth-order valence-corrected chi connectivity index (χ4v) is 1.59. The van der Waals surface area contributed by atoms with Crippen molar-refractivity contribution in [2.24, 2.45) is 5.84 Å². The van der Waals surface area contributed by atoms with E-state index in [9.17, 15) is 4.79 Å². The zero-order valence-corrected chi connectivity index (χ0v) is 10.7. The Morgan fingerprint density at radius 3 is 2.67 bits per heavy atom. The van der Waals surface area contributed by atoms with Gasteiger partial charge in [-0.25, -0.2) is 20.8 Å². The molecule has 2 aromatic rings. The highest BCUT2D eigenvalue weighted by Gasteiger charge is 2.13. The summed E-state index contributed by atoms with van der Waals surface area (Å²) in [6, 6.07) is 3.25. The van der Waals surface area contributed by atoms with Gasteiger partial charge < -0.3 is 5.43 Å². The number of hydrogen-bond acceptors (Lipinski definition) is 6. The van der Waals surface area contributed by atoms with Gasteiger partial charge in [-0.15, -0.1) is 0 Å². The average molecular weight is 309 g/mol. The number of halogens is 1. The summed E-state index contributed by atoms with van der Waals surface area (Å²) in [5, 5.41) is 2.54. The number of pyridine rings is 1. The molecule has 18 heavy (non-hydrogen) atoms. The first-order chi connectivity index (χ1) is 8.70. The number of nitrogens with one attached hydrogen (secondary N) is 2. The van der Waals surface area contributed by atoms with Crippen molar-refractivity contribution >= 4 is 33.6 Å². The molecule has 0 spiro atoms. The summed E-state index contributed by atoms with van der Waals surface area (Å²) in [4.78, 5) is 23.8. The number of anilines is 2. The minimum absolute atomic E-state index is 0.213. The topological polar surface area (TPSA) is 106 Å². The van der Waals surface area contributed by atoms with Gasteiger partial charge in [-0.1, -0.05) is 0 Å². The van der Waals surface area contributed by atoms with Crippen LogP contribution in [-0.4, -0.2) is 20.9 Å². The van der Waals surface area contributed by atoms with E-state index in [1.165, 1.54) is 18.6 Å². The second-order valence-corrected chi connectivity index (χ2v) is 4.14. The molecule has 0 unspecified atom stereocenters. The van der Waals surface area contributed by atoms with Gasteiger partial charge in [0.25, 0.3) is 5.91 Å². The smallest absolute Gasteiger partial charge is 0.261 e. The van der Waals surface area contributed by atoms with Crippen LogP contribution in [0.1, 0.15) is 10.4 Å². The number of amides is 1. The predicted octanol–water partition coefficient (Wildman–Crippen LogP) is 1.17. The van der Waals surface area contributed by atoms with Gasteiger partial charge >= 0.3 is 0 Å². The van der Waals surface area contributed by atoms with Crippen LogP contribution < -0.4 is 16.6 Å². The maximum absolute atomic E-state index is 12.0. The third kappa shape index (κ3) is 2.79. The zero-order valence-electron chi connectivity index (χ0n) is 9.09. The highest BCUT2D eigenvalue weighted by Crippen LogP contribution is 2.18. The monoisotopic (exact) mass is 308 g/mol. The van der Waals surface area contributed by atoms with Crippen molar-refractivity contribution in [2.75, 3.05) is 10.7 Å². The van der Waals surface area contributed by atoms with E-state index in [-0.39, 0.29) is 11.8 Å². The van der Waals surface area contributed by atoms with Crippen molar-refractivity contribution in [3.8, 4) is 0 Å². The lowest BCUT2D eigenvalue weighted by Gasteiger charge is -2.08. The van der Waals surface area contributed by atoms with Crippen LogP contribution in [0.3, 0.4) is 0 Å². The molecule has 1 amide bonds. The average Bonchev–Trinajstić information content (AvgIpc) is 2.40. The van der Waals surface area contributed by atoms with E-state index < -0.39 is 5.91 Å². The lowest BCUT2D eigenvalue weighted by Crippen LogP contribution is -2.19. The minimum Gasteiger partial charge on any atom is -0.308 e. The summed E-state index contributed by atoms with van der Waals surface area (Å²) in [6.07, 6.45) is 4.60. The molecule has 0 aliphatic carbocycles. The number of aromatic nitrogens is 3. The Balaban J connectivity index is 2.26. The summed E-state index contributed by atoms with van der Waals surface area (Å²) in [6.45, 7) is 0. The number of hydrogen-bond donors (Lipinski definition) is 3. The maximum atomic E-state index is 12.0. The van der Waals surface area contributed by atoms with Crippen molar-refractivity contribution in [3.05, 3.63) is 40.8 Å². The van der Waals surface area contributed by atoms with Crippen molar-refractivity contribution in [2.45, 2.75) is 0 Å². The summed E-state index contributed by atoms with van der Waals surface area (Å²) in [5.74, 6) is 5.38. The fraction of sp³-hybridized carbons (Fsp3) is 0. The molecule has 2 heterocycles. The number of nitrogens with two attached hydrogens (primary N) is 1. The molecule has 8 heteroatoms. The zero-order chi connectivity index (χ0) is 13.0. The van der Waals surface area contributed by atoms with Gasteiger partial charge in [0.15, 0.2) is 5.82 Å². The van der Waals surface area contributed by atoms with E-state index in [4.69, 9.17) is 5.84 Å². The highest BCUT2D eigenvalue weighted by molar-refractivity contribution is 9.10. The third-order valence-electron chi connectivity index (χ3n) is 2.03. The van der Waals surface area contributed by atoms with Gasteiger partial charge in [-0.2, -0.15) is 0 Å². The molecule has 4 N–H and O–H groups in total. The molecule has 0 bridgehead atoms. The number of nitrogen functional groups attached to an aromatic ring is 1. The van der Waals surface area contributed by atoms with Crippen molar-refractivity contribution in [1.29, 1.82) is 0 Å². The van der Waals surface area contributed by atoms with Crippen molar-refractivity contribution in [1.82, 2.24) is 15.0 Å². The second-order valence-electron chi connectivity index (χ2n) is 3.22. The number of nitrogens with zero attached hydrogens (tertiary/aromatic N) is 3. The third-order valence-corrected chi connectivity index (χ3v) is 2.46. The largest absolute Gasteiger partial charge is 0.308 e. The summed E-state index contributed by atoms with van der Waals surface area (Å²) in [7, 11) is 0. The molecule has 0 aromatic carbocycles. The van der Waals surface area contributed by atoms with Crippen LogP contribution >= 0.6 is 15.9 Å². The molecule has 0 atom stereocenters. The SMILES string of the molecule is NNc1ncc(Br)cc1C(=O)Nc1ncccn1. The van der Waals surface area contributed by atoms with Gasteiger partial charge in [0.05, 0.1) is 5.56 Å². The second kappa shape index (κ2) is 5.52. The summed E-state index contributed by atoms with van der Waals surface area (Å²) in [5.41, 5.74) is 2.65. The van der Waals surface area contributed by atoms with Crippen LogP contribution in [0.5, 0.6) is 0 Å². The van der Waals surface area contributed by atoms with Crippen LogP contribution in [0.25, 0.3) is 0 Å². The van der Waals surface area contributed by atoms with Crippen LogP contribution in [0, 0.1) is 0 Å². The van der Waals surface area contributed by atoms with Gasteiger partial charge in [-0.3, -0.25) is 10.1 Å². The van der Waals surface area contributed by atoms with Gasteiger partial charge in [0.1, 0.15) is 0 Å². The molecule has 0 radical (unpaired) electrons. The molecular formula is C10H9BrN6O. The van der Waals surface area contributed by atoms with Crippen LogP contribution in [0.2, 0.25) is 0 Å². The fourth-order valence-electron chi connectivity index (χ4n) is 1.26. The van der Waals surface area contributed by atoms with Crippen LogP contribution in [0.4, 0.5) is 11.8 Å². The number of rotatable bonds is 3. The van der Waals surface area contributed by atoms with Crippen molar-refractivity contribution in [3.63, 3.8) is 0 Å². The lowest BCUT2D eigenvalue weighted by atomic mass is 10.2. The normalized spacial score (nSPS) is 9.89. The number of carbonyl (C=O) groups is 1. The summed E-state index contributed by atoms with van der Waals surface area (Å²) >= 11 is 3.24. The Labute approximate surface area is 111 Å². The van der Waals surface area contributed by atoms with Crippen LogP contribution in [0.15, 0.2) is 35.2 Å². The molecule has 0 aliphatic rings.